The van der Waals surface area contributed by atoms with Gasteiger partial charge in [-0.05, 0) is 36.6 Å². The first-order valence-corrected chi connectivity index (χ1v) is 4.09. The molecule has 0 aromatic carbocycles. The number of nitrogens with two attached hydrogens (primary N) is 1. The lowest BCUT2D eigenvalue weighted by Gasteiger charge is -2.03. The van der Waals surface area contributed by atoms with E-state index < -0.39 is 0 Å². The molecule has 0 bridgehead atoms. The van der Waals surface area contributed by atoms with Crippen molar-refractivity contribution in [1.29, 1.82) is 0 Å². The Labute approximate surface area is 70.3 Å². The molecule has 0 aliphatic heterocycles. The predicted octanol–water partition coefficient (Wildman–Crippen LogP) is 1.97. The Morgan fingerprint density at radius 1 is 1.55 bits per heavy atom. The lowest BCUT2D eigenvalue weighted by atomic mass is 10.1. The van der Waals surface area contributed by atoms with Crippen molar-refractivity contribution in [2.45, 2.75) is 24.8 Å². The Hall–Kier alpha value is -0.470. The molecule has 0 unspecified atom stereocenters. The van der Waals surface area contributed by atoms with E-state index in [4.69, 9.17) is 21.8 Å². The van der Waals surface area contributed by atoms with Crippen molar-refractivity contribution in [2.75, 3.05) is 0 Å². The van der Waals surface area contributed by atoms with Gasteiger partial charge in [-0.1, -0.05) is 0 Å². The first-order chi connectivity index (χ1) is 5.18. The van der Waals surface area contributed by atoms with E-state index >= 15 is 0 Å². The second-order valence-electron chi connectivity index (χ2n) is 3.24. The molecular weight excluding hydrogens is 162 g/mol. The molecule has 0 radical (unpaired) electrons. The average Bonchev–Trinajstić information content (AvgIpc) is 2.49. The molecule has 1 aromatic rings. The maximum atomic E-state index is 5.88. The Bertz CT molecular complexity index is 265. The van der Waals surface area contributed by atoms with Crippen molar-refractivity contribution in [3.05, 3.63) is 23.1 Å². The van der Waals surface area contributed by atoms with Gasteiger partial charge in [-0.2, -0.15) is 0 Å². The Kier molecular flexibility index (Phi) is 1.48. The third kappa shape index (κ3) is 1.57. The van der Waals surface area contributed by atoms with Crippen molar-refractivity contribution in [2.24, 2.45) is 5.73 Å². The molecule has 1 fully saturated rings. The standard InChI is InChI=1S/C8H10ClNO/c9-7-2-1-6(11-7)5-8(10)3-4-8/h1-2H,3-5,10H2. The van der Waals surface area contributed by atoms with Crippen molar-refractivity contribution in [1.82, 2.24) is 0 Å². The van der Waals surface area contributed by atoms with Crippen LogP contribution in [0.15, 0.2) is 16.5 Å². The summed E-state index contributed by atoms with van der Waals surface area (Å²) in [6.07, 6.45) is 3.02. The fourth-order valence-electron chi connectivity index (χ4n) is 1.13. The molecule has 1 heterocycles. The molecular formula is C8H10ClNO. The van der Waals surface area contributed by atoms with Crippen molar-refractivity contribution in [3.8, 4) is 0 Å². The quantitative estimate of drug-likeness (QED) is 0.739. The highest BCUT2D eigenvalue weighted by Gasteiger charge is 2.38. The van der Waals surface area contributed by atoms with Gasteiger partial charge in [0.15, 0.2) is 5.22 Å². The first kappa shape index (κ1) is 7.19. The minimum absolute atomic E-state index is 0.0151. The lowest BCUT2D eigenvalue weighted by molar-refractivity contribution is 0.481. The summed E-state index contributed by atoms with van der Waals surface area (Å²) in [5.74, 6) is 0.898. The molecule has 1 saturated carbocycles. The molecule has 0 amide bonds. The monoisotopic (exact) mass is 171 g/mol. The second kappa shape index (κ2) is 2.26. The summed E-state index contributed by atoms with van der Waals surface area (Å²) in [4.78, 5) is 0. The third-order valence-corrected chi connectivity index (χ3v) is 2.25. The highest BCUT2D eigenvalue weighted by atomic mass is 35.5. The summed E-state index contributed by atoms with van der Waals surface area (Å²) in [6.45, 7) is 0. The highest BCUT2D eigenvalue weighted by Crippen LogP contribution is 2.36. The zero-order valence-corrected chi connectivity index (χ0v) is 6.90. The number of hydrogen-bond acceptors (Lipinski definition) is 2. The summed E-state index contributed by atoms with van der Waals surface area (Å²) in [5.41, 5.74) is 5.90. The Balaban J connectivity index is 2.06. The second-order valence-corrected chi connectivity index (χ2v) is 3.62. The zero-order valence-electron chi connectivity index (χ0n) is 6.14. The van der Waals surface area contributed by atoms with E-state index in [1.54, 1.807) is 6.07 Å². The molecule has 3 heteroatoms. The van der Waals surface area contributed by atoms with Crippen molar-refractivity contribution < 1.29 is 4.42 Å². The van der Waals surface area contributed by atoms with Crippen molar-refractivity contribution >= 4 is 11.6 Å². The topological polar surface area (TPSA) is 39.2 Å². The van der Waals surface area contributed by atoms with Gasteiger partial charge in [0, 0.05) is 12.0 Å². The molecule has 0 spiro atoms. The summed E-state index contributed by atoms with van der Waals surface area (Å²) >= 11 is 5.60. The molecule has 1 aliphatic rings. The molecule has 2 N–H and O–H groups in total. The minimum Gasteiger partial charge on any atom is -0.450 e. The van der Waals surface area contributed by atoms with Gasteiger partial charge in [-0.15, -0.1) is 0 Å². The van der Waals surface area contributed by atoms with E-state index in [-0.39, 0.29) is 5.54 Å². The van der Waals surface area contributed by atoms with Crippen LogP contribution in [0.2, 0.25) is 5.22 Å². The molecule has 0 atom stereocenters. The smallest absolute Gasteiger partial charge is 0.193 e. The van der Waals surface area contributed by atoms with Crippen LogP contribution in [-0.4, -0.2) is 5.54 Å². The maximum Gasteiger partial charge on any atom is 0.193 e. The van der Waals surface area contributed by atoms with Crippen LogP contribution in [-0.2, 0) is 6.42 Å². The number of furan rings is 1. The Morgan fingerprint density at radius 3 is 2.73 bits per heavy atom. The summed E-state index contributed by atoms with van der Waals surface area (Å²) in [6, 6.07) is 3.64. The van der Waals surface area contributed by atoms with Gasteiger partial charge in [0.05, 0.1) is 0 Å². The number of halogens is 1. The first-order valence-electron chi connectivity index (χ1n) is 3.71. The van der Waals surface area contributed by atoms with Gasteiger partial charge in [-0.25, -0.2) is 0 Å². The van der Waals surface area contributed by atoms with Gasteiger partial charge in [-0.3, -0.25) is 0 Å². The third-order valence-electron chi connectivity index (χ3n) is 2.05. The Morgan fingerprint density at radius 2 is 2.27 bits per heavy atom. The van der Waals surface area contributed by atoms with Gasteiger partial charge >= 0.3 is 0 Å². The van der Waals surface area contributed by atoms with Crippen molar-refractivity contribution in [3.63, 3.8) is 0 Å². The van der Waals surface area contributed by atoms with E-state index in [1.807, 2.05) is 6.07 Å². The molecule has 2 rings (SSSR count). The van der Waals surface area contributed by atoms with Crippen LogP contribution in [0.3, 0.4) is 0 Å². The van der Waals surface area contributed by atoms with Gasteiger partial charge < -0.3 is 10.2 Å². The van der Waals surface area contributed by atoms with Crippen LogP contribution in [0.5, 0.6) is 0 Å². The molecule has 0 saturated heterocycles. The molecule has 11 heavy (non-hydrogen) atoms. The fraction of sp³-hybridized carbons (Fsp3) is 0.500. The molecule has 1 aromatic heterocycles. The minimum atomic E-state index is 0.0151. The van der Waals surface area contributed by atoms with E-state index in [0.717, 1.165) is 25.0 Å². The van der Waals surface area contributed by atoms with Crippen LogP contribution in [0, 0.1) is 0 Å². The van der Waals surface area contributed by atoms with Crippen LogP contribution in [0.4, 0.5) is 0 Å². The van der Waals surface area contributed by atoms with Crippen LogP contribution in [0.1, 0.15) is 18.6 Å². The van der Waals surface area contributed by atoms with Crippen LogP contribution < -0.4 is 5.73 Å². The van der Waals surface area contributed by atoms with Gasteiger partial charge in [0.25, 0.3) is 0 Å². The van der Waals surface area contributed by atoms with Crippen LogP contribution in [0.25, 0.3) is 0 Å². The maximum absolute atomic E-state index is 5.88. The average molecular weight is 172 g/mol. The number of rotatable bonds is 2. The summed E-state index contributed by atoms with van der Waals surface area (Å²) in [5, 5.41) is 0.448. The lowest BCUT2D eigenvalue weighted by Crippen LogP contribution is -2.24. The fourth-order valence-corrected chi connectivity index (χ4v) is 1.29. The molecule has 60 valence electrons. The highest BCUT2D eigenvalue weighted by molar-refractivity contribution is 6.28. The summed E-state index contributed by atoms with van der Waals surface area (Å²) in [7, 11) is 0. The number of hydrogen-bond donors (Lipinski definition) is 1. The van der Waals surface area contributed by atoms with E-state index in [1.165, 1.54) is 0 Å². The summed E-state index contributed by atoms with van der Waals surface area (Å²) < 4.78 is 5.18. The van der Waals surface area contributed by atoms with E-state index in [2.05, 4.69) is 0 Å². The molecule has 2 nitrogen and oxygen atoms in total. The van der Waals surface area contributed by atoms with E-state index in [9.17, 15) is 0 Å². The van der Waals surface area contributed by atoms with Gasteiger partial charge in [0.1, 0.15) is 5.76 Å². The van der Waals surface area contributed by atoms with E-state index in [0.29, 0.717) is 5.22 Å². The SMILES string of the molecule is NC1(Cc2ccc(Cl)o2)CC1. The normalized spacial score (nSPS) is 20.2. The largest absolute Gasteiger partial charge is 0.450 e. The van der Waals surface area contributed by atoms with Gasteiger partial charge in [0.2, 0.25) is 0 Å². The molecule has 1 aliphatic carbocycles. The zero-order chi connectivity index (χ0) is 7.90. The predicted molar refractivity (Wildman–Crippen MR) is 43.6 cm³/mol. The van der Waals surface area contributed by atoms with Crippen LogP contribution >= 0.6 is 11.6 Å².